The van der Waals surface area contributed by atoms with Crippen LogP contribution in [0, 0.1) is 0 Å². The SMILES string of the molecule is OC[C@@H]1O[C@](O)(CO)[C@H](O)C1O. The molecule has 1 heterocycles. The fourth-order valence-electron chi connectivity index (χ4n) is 1.15. The lowest BCUT2D eigenvalue weighted by Gasteiger charge is -2.22. The van der Waals surface area contributed by atoms with Crippen LogP contribution in [-0.4, -0.2) is 62.8 Å². The molecule has 0 aromatic heterocycles. The van der Waals surface area contributed by atoms with Crippen LogP contribution in [0.1, 0.15) is 0 Å². The van der Waals surface area contributed by atoms with Crippen molar-refractivity contribution in [1.82, 2.24) is 0 Å². The molecule has 1 unspecified atom stereocenters. The summed E-state index contributed by atoms with van der Waals surface area (Å²) in [5.41, 5.74) is 0. The maximum absolute atomic E-state index is 9.25. The number of aliphatic hydroxyl groups is 5. The summed E-state index contributed by atoms with van der Waals surface area (Å²) in [6, 6.07) is 0. The summed E-state index contributed by atoms with van der Waals surface area (Å²) in [5, 5.41) is 44.7. The van der Waals surface area contributed by atoms with Gasteiger partial charge >= 0.3 is 0 Å². The van der Waals surface area contributed by atoms with Crippen molar-refractivity contribution in [2.75, 3.05) is 13.2 Å². The Labute approximate surface area is 68.6 Å². The second-order valence-electron chi connectivity index (χ2n) is 2.78. The summed E-state index contributed by atoms with van der Waals surface area (Å²) in [6.07, 6.45) is -4.04. The fourth-order valence-corrected chi connectivity index (χ4v) is 1.15. The van der Waals surface area contributed by atoms with Crippen LogP contribution in [0.15, 0.2) is 0 Å². The molecule has 0 amide bonds. The third-order valence-electron chi connectivity index (χ3n) is 1.93. The van der Waals surface area contributed by atoms with Crippen molar-refractivity contribution >= 4 is 0 Å². The first kappa shape index (κ1) is 9.85. The van der Waals surface area contributed by atoms with Gasteiger partial charge in [-0.05, 0) is 0 Å². The second-order valence-corrected chi connectivity index (χ2v) is 2.78. The van der Waals surface area contributed by atoms with Gasteiger partial charge in [-0.15, -0.1) is 0 Å². The van der Waals surface area contributed by atoms with Gasteiger partial charge in [0, 0.05) is 0 Å². The van der Waals surface area contributed by atoms with Gasteiger partial charge in [-0.2, -0.15) is 0 Å². The summed E-state index contributed by atoms with van der Waals surface area (Å²) in [6.45, 7) is -1.36. The highest BCUT2D eigenvalue weighted by atomic mass is 16.7. The molecular formula is C6H12O6. The van der Waals surface area contributed by atoms with Crippen molar-refractivity contribution in [2.45, 2.75) is 24.1 Å². The van der Waals surface area contributed by atoms with Crippen LogP contribution in [0.2, 0.25) is 0 Å². The van der Waals surface area contributed by atoms with E-state index in [1.54, 1.807) is 0 Å². The molecule has 1 rings (SSSR count). The molecule has 6 heteroatoms. The zero-order valence-electron chi connectivity index (χ0n) is 6.29. The fraction of sp³-hybridized carbons (Fsp3) is 1.00. The molecule has 12 heavy (non-hydrogen) atoms. The molecule has 0 radical (unpaired) electrons. The molecule has 0 aliphatic carbocycles. The van der Waals surface area contributed by atoms with Gasteiger partial charge in [0.25, 0.3) is 0 Å². The van der Waals surface area contributed by atoms with E-state index in [1.165, 1.54) is 0 Å². The standard InChI is InChI=1S/C6H12O6/c7-1-3-4(9)5(10)6(11,2-8)12-3/h3-5,7-11H,1-2H2/t3-,4?,5+,6+/m0/s1. The van der Waals surface area contributed by atoms with E-state index in [0.717, 1.165) is 0 Å². The Morgan fingerprint density at radius 3 is 2.08 bits per heavy atom. The van der Waals surface area contributed by atoms with Crippen molar-refractivity contribution < 1.29 is 30.3 Å². The van der Waals surface area contributed by atoms with E-state index in [1.807, 2.05) is 0 Å². The van der Waals surface area contributed by atoms with Crippen LogP contribution in [-0.2, 0) is 4.74 Å². The molecule has 1 aliphatic heterocycles. The van der Waals surface area contributed by atoms with Crippen LogP contribution in [0.4, 0.5) is 0 Å². The van der Waals surface area contributed by atoms with Gasteiger partial charge in [0.2, 0.25) is 5.79 Å². The van der Waals surface area contributed by atoms with Crippen LogP contribution in [0.5, 0.6) is 0 Å². The Hall–Kier alpha value is -0.240. The molecular weight excluding hydrogens is 168 g/mol. The van der Waals surface area contributed by atoms with E-state index in [9.17, 15) is 5.11 Å². The van der Waals surface area contributed by atoms with Crippen LogP contribution in [0.25, 0.3) is 0 Å². The average molecular weight is 180 g/mol. The van der Waals surface area contributed by atoms with Crippen LogP contribution < -0.4 is 0 Å². The van der Waals surface area contributed by atoms with Crippen molar-refractivity contribution in [1.29, 1.82) is 0 Å². The lowest BCUT2D eigenvalue weighted by atomic mass is 10.1. The Bertz CT molecular complexity index is 162. The number of rotatable bonds is 2. The van der Waals surface area contributed by atoms with E-state index >= 15 is 0 Å². The molecule has 72 valence electrons. The normalized spacial score (nSPS) is 48.2. The third-order valence-corrected chi connectivity index (χ3v) is 1.93. The van der Waals surface area contributed by atoms with Crippen molar-refractivity contribution in [3.8, 4) is 0 Å². The molecule has 0 bridgehead atoms. The molecule has 0 spiro atoms. The van der Waals surface area contributed by atoms with Gasteiger partial charge in [0.05, 0.1) is 13.2 Å². The Morgan fingerprint density at radius 1 is 1.25 bits per heavy atom. The van der Waals surface area contributed by atoms with Crippen molar-refractivity contribution in [2.24, 2.45) is 0 Å². The molecule has 0 aromatic rings. The van der Waals surface area contributed by atoms with E-state index in [-0.39, 0.29) is 0 Å². The molecule has 0 aromatic carbocycles. The molecule has 1 saturated heterocycles. The van der Waals surface area contributed by atoms with Gasteiger partial charge in [-0.3, -0.25) is 0 Å². The van der Waals surface area contributed by atoms with E-state index in [4.69, 9.17) is 20.4 Å². The van der Waals surface area contributed by atoms with E-state index in [2.05, 4.69) is 4.74 Å². The van der Waals surface area contributed by atoms with Crippen molar-refractivity contribution in [3.63, 3.8) is 0 Å². The quantitative estimate of drug-likeness (QED) is 0.306. The predicted molar refractivity (Wildman–Crippen MR) is 36.0 cm³/mol. The summed E-state index contributed by atoms with van der Waals surface area (Å²) >= 11 is 0. The molecule has 6 nitrogen and oxygen atoms in total. The van der Waals surface area contributed by atoms with Crippen LogP contribution in [0.3, 0.4) is 0 Å². The summed E-state index contributed by atoms with van der Waals surface area (Å²) in [4.78, 5) is 0. The van der Waals surface area contributed by atoms with Crippen molar-refractivity contribution in [3.05, 3.63) is 0 Å². The van der Waals surface area contributed by atoms with E-state index < -0.39 is 37.3 Å². The first-order valence-electron chi connectivity index (χ1n) is 3.53. The van der Waals surface area contributed by atoms with Gasteiger partial charge in [-0.25, -0.2) is 0 Å². The average Bonchev–Trinajstić information content (AvgIpc) is 2.31. The smallest absolute Gasteiger partial charge is 0.219 e. The van der Waals surface area contributed by atoms with E-state index in [0.29, 0.717) is 0 Å². The summed E-state index contributed by atoms with van der Waals surface area (Å²) in [5.74, 6) is -2.16. The van der Waals surface area contributed by atoms with Crippen LogP contribution >= 0.6 is 0 Å². The molecule has 5 N–H and O–H groups in total. The monoisotopic (exact) mass is 180 g/mol. The number of hydrogen-bond acceptors (Lipinski definition) is 6. The molecule has 0 saturated carbocycles. The first-order valence-corrected chi connectivity index (χ1v) is 3.53. The Kier molecular flexibility index (Phi) is 2.67. The van der Waals surface area contributed by atoms with Gasteiger partial charge in [0.1, 0.15) is 18.3 Å². The first-order chi connectivity index (χ1) is 5.55. The zero-order valence-corrected chi connectivity index (χ0v) is 6.29. The topological polar surface area (TPSA) is 110 Å². The third kappa shape index (κ3) is 1.33. The molecule has 1 fully saturated rings. The Morgan fingerprint density at radius 2 is 1.83 bits per heavy atom. The minimum absolute atomic E-state index is 0.527. The lowest BCUT2D eigenvalue weighted by molar-refractivity contribution is -0.248. The summed E-state index contributed by atoms with van der Waals surface area (Å²) < 4.78 is 4.63. The maximum atomic E-state index is 9.25. The zero-order chi connectivity index (χ0) is 9.35. The highest BCUT2D eigenvalue weighted by Crippen LogP contribution is 2.28. The molecule has 1 aliphatic rings. The largest absolute Gasteiger partial charge is 0.394 e. The highest BCUT2D eigenvalue weighted by molar-refractivity contribution is 4.94. The number of hydrogen-bond donors (Lipinski definition) is 5. The minimum atomic E-state index is -2.16. The number of aliphatic hydroxyl groups excluding tert-OH is 4. The van der Waals surface area contributed by atoms with Gasteiger partial charge < -0.3 is 30.3 Å². The Balaban J connectivity index is 2.72. The predicted octanol–water partition coefficient (Wildman–Crippen LogP) is -3.22. The molecule has 4 atom stereocenters. The maximum Gasteiger partial charge on any atom is 0.219 e. The number of ether oxygens (including phenoxy) is 1. The summed E-state index contributed by atoms with van der Waals surface area (Å²) in [7, 11) is 0. The van der Waals surface area contributed by atoms with Gasteiger partial charge in [0.15, 0.2) is 0 Å². The minimum Gasteiger partial charge on any atom is -0.394 e. The second kappa shape index (κ2) is 3.25. The lowest BCUT2D eigenvalue weighted by Crippen LogP contribution is -2.46. The van der Waals surface area contributed by atoms with Gasteiger partial charge in [-0.1, -0.05) is 0 Å². The highest BCUT2D eigenvalue weighted by Gasteiger charge is 2.52.